The Morgan fingerprint density at radius 3 is 1.81 bits per heavy atom. The van der Waals surface area contributed by atoms with Crippen molar-refractivity contribution in [1.29, 1.82) is 0 Å². The Morgan fingerprint density at radius 1 is 0.652 bits per heavy atom. The van der Waals surface area contributed by atoms with Crippen LogP contribution in [0.2, 0.25) is 0 Å². The van der Waals surface area contributed by atoms with Gasteiger partial charge < -0.3 is 52.8 Å². The van der Waals surface area contributed by atoms with Crippen LogP contribution in [0, 0.1) is 17.3 Å². The maximum atomic E-state index is 14.4. The molecule has 18 heteroatoms. The molecule has 1 heterocycles. The molecular formula is C51H80N10O8. The van der Waals surface area contributed by atoms with Crippen LogP contribution in [0.1, 0.15) is 134 Å². The monoisotopic (exact) mass is 961 g/mol. The first-order valence-corrected chi connectivity index (χ1v) is 24.3. The summed E-state index contributed by atoms with van der Waals surface area (Å²) in [7, 11) is 3.29. The van der Waals surface area contributed by atoms with Crippen LogP contribution in [-0.2, 0) is 28.8 Å². The number of amides is 8. The van der Waals surface area contributed by atoms with Crippen LogP contribution in [-0.4, -0.2) is 128 Å². The van der Waals surface area contributed by atoms with E-state index in [0.717, 1.165) is 5.56 Å². The molecule has 0 radical (unpaired) electrons. The van der Waals surface area contributed by atoms with Crippen molar-refractivity contribution < 1.29 is 38.4 Å². The first-order chi connectivity index (χ1) is 32.4. The number of hydrogen-bond donors (Lipinski definition) is 9. The maximum Gasteiger partial charge on any atom is 0.251 e. The molecule has 0 bridgehead atoms. The van der Waals surface area contributed by atoms with Gasteiger partial charge in [-0.1, -0.05) is 84.9 Å². The third-order valence-electron chi connectivity index (χ3n) is 12.8. The molecule has 1 unspecified atom stereocenters. The summed E-state index contributed by atoms with van der Waals surface area (Å²) in [5.41, 5.74) is 0.580. The van der Waals surface area contributed by atoms with Gasteiger partial charge in [0.2, 0.25) is 35.4 Å². The van der Waals surface area contributed by atoms with E-state index in [0.29, 0.717) is 12.8 Å². The smallest absolute Gasteiger partial charge is 0.251 e. The van der Waals surface area contributed by atoms with Crippen molar-refractivity contribution in [1.82, 2.24) is 52.8 Å². The molecule has 0 aromatic heterocycles. The maximum absolute atomic E-state index is 14.4. The molecule has 0 aliphatic carbocycles. The summed E-state index contributed by atoms with van der Waals surface area (Å²) in [5, 5.41) is 26.1. The molecule has 18 nitrogen and oxygen atoms in total. The van der Waals surface area contributed by atoms with Crippen molar-refractivity contribution in [2.75, 3.05) is 27.2 Å². The normalized spacial score (nSPS) is 17.9. The van der Waals surface area contributed by atoms with Crippen LogP contribution in [0.25, 0.3) is 0 Å². The highest BCUT2D eigenvalue weighted by atomic mass is 16.2. The van der Waals surface area contributed by atoms with E-state index in [2.05, 4.69) is 47.9 Å². The third-order valence-corrected chi connectivity index (χ3v) is 12.8. The minimum atomic E-state index is -0.983. The van der Waals surface area contributed by atoms with E-state index in [-0.39, 0.29) is 78.7 Å². The highest BCUT2D eigenvalue weighted by Crippen LogP contribution is 2.27. The van der Waals surface area contributed by atoms with Crippen LogP contribution < -0.4 is 47.9 Å². The summed E-state index contributed by atoms with van der Waals surface area (Å²) in [4.78, 5) is 110. The number of hydrogen-bond acceptors (Lipinski definition) is 10. The van der Waals surface area contributed by atoms with Gasteiger partial charge in [-0.3, -0.25) is 38.4 Å². The Morgan fingerprint density at radius 2 is 1.25 bits per heavy atom. The Balaban J connectivity index is 1.71. The predicted molar refractivity (Wildman–Crippen MR) is 267 cm³/mol. The van der Waals surface area contributed by atoms with Gasteiger partial charge in [0, 0.05) is 36.3 Å². The second-order valence-corrected chi connectivity index (χ2v) is 20.0. The standard InChI is InChI=1S/C51H80N10O8/c1-29(2)31(5)55-47(66)39(58-49(68)41(30(3)4)59-43(62)33(7)52-12)24-17-18-25-54-45(64)36-22-19-23-37(26-36)46(65)57-38-27-40(48(67)56-32(6)35-20-15-14-16-21-35)61(28-38)50(69)42(51(9,10)11)60-44(63)34(8)53-13/h14-16,19-23,26,29-34,38-42,52-53H,17-18,24-25,27-28H2,1-13H3,(H,54,64)(H,55,66)(H,56,67)(H,57,65)(H,58,68)(H,59,62)(H,60,63)/t31-,32+,33-,34-,38-,39-,40?,41-,42+/m0/s1. The SMILES string of the molecule is CN[C@@H](C)C(=O)N[C@H](C(=O)N[C@@H](CCCCNC(=O)c1cccc(C(=O)N[C@H]2CC(C(=O)N[C@H](C)c3ccccc3)N(C(=O)[C@@H](NC(=O)[C@H](C)NC)C(C)(C)C)C2)c1)C(=O)N[C@@H](C)C(C)C)C(C)C. The van der Waals surface area contributed by atoms with E-state index in [1.807, 2.05) is 92.6 Å². The molecule has 382 valence electrons. The lowest BCUT2D eigenvalue weighted by Crippen LogP contribution is -2.59. The molecule has 0 saturated carbocycles. The van der Waals surface area contributed by atoms with E-state index in [1.54, 1.807) is 46.1 Å². The van der Waals surface area contributed by atoms with Crippen molar-refractivity contribution in [3.05, 3.63) is 71.3 Å². The number of likely N-dealkylation sites (tertiary alicyclic amines) is 1. The molecule has 9 atom stereocenters. The summed E-state index contributed by atoms with van der Waals surface area (Å²) >= 11 is 0. The van der Waals surface area contributed by atoms with E-state index >= 15 is 0 Å². The summed E-state index contributed by atoms with van der Waals surface area (Å²) in [6.07, 6.45) is 1.32. The molecular weight excluding hydrogens is 881 g/mol. The molecule has 1 saturated heterocycles. The molecule has 1 aliphatic heterocycles. The van der Waals surface area contributed by atoms with Crippen molar-refractivity contribution in [2.45, 2.75) is 156 Å². The molecule has 1 fully saturated rings. The average molecular weight is 961 g/mol. The van der Waals surface area contributed by atoms with Gasteiger partial charge in [0.15, 0.2) is 0 Å². The second kappa shape index (κ2) is 26.8. The molecule has 1 aliphatic rings. The fourth-order valence-corrected chi connectivity index (χ4v) is 7.59. The number of nitrogens with one attached hydrogen (secondary N) is 9. The zero-order chi connectivity index (χ0) is 51.7. The summed E-state index contributed by atoms with van der Waals surface area (Å²) in [6, 6.07) is 9.66. The van der Waals surface area contributed by atoms with Gasteiger partial charge in [-0.05, 0) is 108 Å². The molecule has 2 aromatic rings. The first-order valence-electron chi connectivity index (χ1n) is 24.3. The topological polar surface area (TPSA) is 248 Å². The number of unbranched alkanes of at least 4 members (excludes halogenated alkanes) is 1. The van der Waals surface area contributed by atoms with E-state index in [9.17, 15) is 38.4 Å². The number of nitrogens with zero attached hydrogens (tertiary/aromatic N) is 1. The van der Waals surface area contributed by atoms with E-state index in [4.69, 9.17) is 0 Å². The Bertz CT molecular complexity index is 2080. The number of benzene rings is 2. The zero-order valence-corrected chi connectivity index (χ0v) is 43.0. The Labute approximate surface area is 409 Å². The zero-order valence-electron chi connectivity index (χ0n) is 43.0. The largest absolute Gasteiger partial charge is 0.352 e. The number of rotatable bonds is 24. The number of likely N-dealkylation sites (N-methyl/N-ethyl adjacent to an activating group) is 2. The van der Waals surface area contributed by atoms with Gasteiger partial charge >= 0.3 is 0 Å². The summed E-state index contributed by atoms with van der Waals surface area (Å²) in [6.45, 7) is 20.4. The molecule has 2 aromatic carbocycles. The van der Waals surface area contributed by atoms with E-state index in [1.165, 1.54) is 11.0 Å². The second-order valence-electron chi connectivity index (χ2n) is 20.0. The molecule has 69 heavy (non-hydrogen) atoms. The lowest BCUT2D eigenvalue weighted by Gasteiger charge is -2.36. The Hall–Kier alpha value is -5.88. The van der Waals surface area contributed by atoms with Gasteiger partial charge in [-0.15, -0.1) is 0 Å². The number of carbonyl (C=O) groups is 8. The predicted octanol–water partition coefficient (Wildman–Crippen LogP) is 2.70. The van der Waals surface area contributed by atoms with E-state index < -0.39 is 77.2 Å². The molecule has 0 spiro atoms. The van der Waals surface area contributed by atoms with Crippen LogP contribution in [0.4, 0.5) is 0 Å². The molecule has 3 rings (SSSR count). The van der Waals surface area contributed by atoms with Crippen LogP contribution in [0.15, 0.2) is 54.6 Å². The highest BCUT2D eigenvalue weighted by Gasteiger charge is 2.46. The fourth-order valence-electron chi connectivity index (χ4n) is 7.59. The minimum absolute atomic E-state index is 0.000354. The molecule has 9 N–H and O–H groups in total. The first kappa shape index (κ1) is 57.4. The van der Waals surface area contributed by atoms with Gasteiger partial charge in [-0.25, -0.2) is 0 Å². The number of carbonyl (C=O) groups excluding carboxylic acids is 8. The summed E-state index contributed by atoms with van der Waals surface area (Å²) < 4.78 is 0. The average Bonchev–Trinajstić information content (AvgIpc) is 3.74. The van der Waals surface area contributed by atoms with Gasteiger partial charge in [0.1, 0.15) is 24.2 Å². The fraction of sp³-hybridized carbons (Fsp3) is 0.608. The minimum Gasteiger partial charge on any atom is -0.352 e. The van der Waals surface area contributed by atoms with Gasteiger partial charge in [-0.2, -0.15) is 0 Å². The van der Waals surface area contributed by atoms with Crippen LogP contribution in [0.5, 0.6) is 0 Å². The quantitative estimate of drug-likeness (QED) is 0.0697. The van der Waals surface area contributed by atoms with Crippen molar-refractivity contribution in [2.24, 2.45) is 17.3 Å². The lowest BCUT2D eigenvalue weighted by molar-refractivity contribution is -0.144. The van der Waals surface area contributed by atoms with Crippen molar-refractivity contribution >= 4 is 47.3 Å². The third kappa shape index (κ3) is 17.2. The van der Waals surface area contributed by atoms with Gasteiger partial charge in [0.25, 0.3) is 11.8 Å². The Kier molecular flexibility index (Phi) is 22.3. The molecule has 8 amide bonds. The summed E-state index contributed by atoms with van der Waals surface area (Å²) in [5.74, 6) is -3.39. The van der Waals surface area contributed by atoms with Crippen molar-refractivity contribution in [3.63, 3.8) is 0 Å². The van der Waals surface area contributed by atoms with Crippen molar-refractivity contribution in [3.8, 4) is 0 Å². The lowest BCUT2D eigenvalue weighted by atomic mass is 9.85. The van der Waals surface area contributed by atoms with Gasteiger partial charge in [0.05, 0.1) is 18.1 Å². The van der Waals surface area contributed by atoms with Crippen LogP contribution in [0.3, 0.4) is 0 Å². The highest BCUT2D eigenvalue weighted by molar-refractivity contribution is 6.00. The van der Waals surface area contributed by atoms with Crippen LogP contribution >= 0.6 is 0 Å².